The maximum atomic E-state index is 12.9. The van der Waals surface area contributed by atoms with Crippen molar-refractivity contribution in [2.75, 3.05) is 0 Å². The molecule has 23 heavy (non-hydrogen) atoms. The molecular weight excluding hydrogens is 295 g/mol. The lowest BCUT2D eigenvalue weighted by Crippen LogP contribution is -2.16. The third-order valence-corrected chi connectivity index (χ3v) is 3.86. The Morgan fingerprint density at radius 1 is 0.957 bits per heavy atom. The summed E-state index contributed by atoms with van der Waals surface area (Å²) >= 11 is 0. The number of Topliss-reactive ketones (excluding diaryl/α,β-unsaturated/α-hetero) is 1. The van der Waals surface area contributed by atoms with Crippen LogP contribution in [-0.2, 0) is 4.79 Å². The molecule has 0 fully saturated rings. The summed E-state index contributed by atoms with van der Waals surface area (Å²) in [5.41, 5.74) is 2.02. The van der Waals surface area contributed by atoms with Gasteiger partial charge in [0, 0.05) is 12.0 Å². The summed E-state index contributed by atoms with van der Waals surface area (Å²) in [5.74, 6) is -2.34. The summed E-state index contributed by atoms with van der Waals surface area (Å²) in [7, 11) is 0. The Morgan fingerprint density at radius 2 is 1.48 bits per heavy atom. The van der Waals surface area contributed by atoms with E-state index in [1.807, 2.05) is 12.1 Å². The number of ketones is 1. The molecule has 1 N–H and O–H groups in total. The molecular formula is C19H19FO3. The molecule has 0 aliphatic rings. The molecule has 2 aromatic rings. The van der Waals surface area contributed by atoms with E-state index in [0.717, 1.165) is 5.56 Å². The fourth-order valence-corrected chi connectivity index (χ4v) is 2.40. The molecule has 0 radical (unpaired) electrons. The molecule has 3 nitrogen and oxygen atoms in total. The first-order valence-corrected chi connectivity index (χ1v) is 7.50. The van der Waals surface area contributed by atoms with Gasteiger partial charge in [-0.05, 0) is 41.3 Å². The molecule has 120 valence electrons. The van der Waals surface area contributed by atoms with Gasteiger partial charge in [0.25, 0.3) is 0 Å². The summed E-state index contributed by atoms with van der Waals surface area (Å²) in [4.78, 5) is 23.8. The molecule has 0 amide bonds. The van der Waals surface area contributed by atoms with Crippen LogP contribution in [0.2, 0.25) is 0 Å². The Labute approximate surface area is 134 Å². The van der Waals surface area contributed by atoms with Gasteiger partial charge in [-0.1, -0.05) is 38.1 Å². The number of carbonyl (C=O) groups is 2. The van der Waals surface area contributed by atoms with Gasteiger partial charge in [-0.2, -0.15) is 0 Å². The Bertz CT molecular complexity index is 688. The largest absolute Gasteiger partial charge is 0.481 e. The smallest absolute Gasteiger partial charge is 0.311 e. The highest BCUT2D eigenvalue weighted by atomic mass is 19.1. The number of aliphatic carboxylic acids is 1. The molecule has 2 rings (SSSR count). The molecule has 0 unspecified atom stereocenters. The van der Waals surface area contributed by atoms with Crippen molar-refractivity contribution < 1.29 is 19.1 Å². The molecule has 0 aliphatic carbocycles. The number of hydrogen-bond acceptors (Lipinski definition) is 2. The monoisotopic (exact) mass is 314 g/mol. The average molecular weight is 314 g/mol. The molecule has 0 saturated carbocycles. The topological polar surface area (TPSA) is 54.4 Å². The predicted octanol–water partition coefficient (Wildman–Crippen LogP) is 4.39. The fraction of sp³-hybridized carbons (Fsp3) is 0.263. The van der Waals surface area contributed by atoms with Crippen LogP contribution in [0.15, 0.2) is 48.5 Å². The fourth-order valence-electron chi connectivity index (χ4n) is 2.40. The third kappa shape index (κ3) is 4.25. The Morgan fingerprint density at radius 3 is 1.96 bits per heavy atom. The van der Waals surface area contributed by atoms with Crippen LogP contribution in [0.5, 0.6) is 0 Å². The molecule has 0 bridgehead atoms. The molecule has 0 spiro atoms. The highest BCUT2D eigenvalue weighted by Gasteiger charge is 2.24. The molecule has 0 saturated heterocycles. The lowest BCUT2D eigenvalue weighted by atomic mass is 9.90. The van der Waals surface area contributed by atoms with Crippen molar-refractivity contribution in [1.29, 1.82) is 0 Å². The molecule has 0 heterocycles. The van der Waals surface area contributed by atoms with E-state index in [1.165, 1.54) is 24.3 Å². The van der Waals surface area contributed by atoms with Gasteiger partial charge in [0.05, 0.1) is 5.92 Å². The summed E-state index contributed by atoms with van der Waals surface area (Å²) in [6.45, 7) is 4.11. The standard InChI is InChI=1S/C19H19FO3/c1-12(2)13-3-5-14(6-4-13)17(19(22)23)11-18(21)15-7-9-16(20)10-8-15/h3-10,12,17H,11H2,1-2H3,(H,22,23)/t17-/m1/s1. The van der Waals surface area contributed by atoms with Crippen molar-refractivity contribution in [1.82, 2.24) is 0 Å². The average Bonchev–Trinajstić information content (AvgIpc) is 2.53. The van der Waals surface area contributed by atoms with Crippen LogP contribution < -0.4 is 0 Å². The van der Waals surface area contributed by atoms with Gasteiger partial charge in [-0.3, -0.25) is 9.59 Å². The van der Waals surface area contributed by atoms with Crippen LogP contribution in [0.3, 0.4) is 0 Å². The Hall–Kier alpha value is -2.49. The summed E-state index contributed by atoms with van der Waals surface area (Å²) in [6, 6.07) is 12.4. The van der Waals surface area contributed by atoms with E-state index in [4.69, 9.17) is 0 Å². The van der Waals surface area contributed by atoms with Gasteiger partial charge >= 0.3 is 5.97 Å². The van der Waals surface area contributed by atoms with Crippen molar-refractivity contribution in [3.8, 4) is 0 Å². The van der Waals surface area contributed by atoms with Crippen molar-refractivity contribution >= 4 is 11.8 Å². The van der Waals surface area contributed by atoms with E-state index >= 15 is 0 Å². The van der Waals surface area contributed by atoms with Crippen molar-refractivity contribution in [2.24, 2.45) is 0 Å². The maximum Gasteiger partial charge on any atom is 0.311 e. The number of carboxylic acids is 1. The molecule has 0 aromatic heterocycles. The van der Waals surface area contributed by atoms with E-state index in [-0.39, 0.29) is 12.2 Å². The van der Waals surface area contributed by atoms with E-state index in [9.17, 15) is 19.1 Å². The van der Waals surface area contributed by atoms with E-state index in [0.29, 0.717) is 17.0 Å². The van der Waals surface area contributed by atoms with Crippen LogP contribution in [0.4, 0.5) is 4.39 Å². The first kappa shape index (κ1) is 16.9. The van der Waals surface area contributed by atoms with Crippen LogP contribution in [0.1, 0.15) is 53.6 Å². The normalized spacial score (nSPS) is 12.2. The summed E-state index contributed by atoms with van der Waals surface area (Å²) in [5, 5.41) is 9.43. The number of rotatable bonds is 6. The number of carbonyl (C=O) groups excluding carboxylic acids is 1. The van der Waals surface area contributed by atoms with E-state index < -0.39 is 17.7 Å². The van der Waals surface area contributed by atoms with Gasteiger partial charge in [-0.15, -0.1) is 0 Å². The quantitative estimate of drug-likeness (QED) is 0.805. The highest BCUT2D eigenvalue weighted by Crippen LogP contribution is 2.24. The van der Waals surface area contributed by atoms with Crippen LogP contribution >= 0.6 is 0 Å². The zero-order chi connectivity index (χ0) is 17.0. The van der Waals surface area contributed by atoms with Crippen LogP contribution in [0.25, 0.3) is 0 Å². The number of carboxylic acid groups (broad SMARTS) is 1. The lowest BCUT2D eigenvalue weighted by molar-refractivity contribution is -0.138. The zero-order valence-corrected chi connectivity index (χ0v) is 13.1. The van der Waals surface area contributed by atoms with Crippen molar-refractivity contribution in [3.05, 3.63) is 71.0 Å². The van der Waals surface area contributed by atoms with Gasteiger partial charge in [0.15, 0.2) is 5.78 Å². The van der Waals surface area contributed by atoms with E-state index in [2.05, 4.69) is 13.8 Å². The second-order valence-corrected chi connectivity index (χ2v) is 5.85. The van der Waals surface area contributed by atoms with Gasteiger partial charge in [-0.25, -0.2) is 4.39 Å². The number of benzene rings is 2. The molecule has 0 aliphatic heterocycles. The minimum atomic E-state index is -1.04. The zero-order valence-electron chi connectivity index (χ0n) is 13.1. The maximum absolute atomic E-state index is 12.9. The first-order chi connectivity index (χ1) is 10.9. The molecule has 1 atom stereocenters. The second-order valence-electron chi connectivity index (χ2n) is 5.85. The lowest BCUT2D eigenvalue weighted by Gasteiger charge is -2.14. The number of hydrogen-bond donors (Lipinski definition) is 1. The number of halogens is 1. The summed E-state index contributed by atoms with van der Waals surface area (Å²) in [6.07, 6.45) is -0.151. The Kier molecular flexibility index (Phi) is 5.27. The highest BCUT2D eigenvalue weighted by molar-refractivity contribution is 5.99. The minimum absolute atomic E-state index is 0.151. The van der Waals surface area contributed by atoms with Crippen LogP contribution in [0, 0.1) is 5.82 Å². The van der Waals surface area contributed by atoms with Gasteiger partial charge in [0.1, 0.15) is 5.82 Å². The molecule has 4 heteroatoms. The SMILES string of the molecule is CC(C)c1ccc([C@@H](CC(=O)c2ccc(F)cc2)C(=O)O)cc1. The molecule has 2 aromatic carbocycles. The van der Waals surface area contributed by atoms with Gasteiger partial charge < -0.3 is 5.11 Å². The predicted molar refractivity (Wildman–Crippen MR) is 86.3 cm³/mol. The van der Waals surface area contributed by atoms with Gasteiger partial charge in [0.2, 0.25) is 0 Å². The Balaban J connectivity index is 2.20. The minimum Gasteiger partial charge on any atom is -0.481 e. The first-order valence-electron chi connectivity index (χ1n) is 7.50. The third-order valence-electron chi connectivity index (χ3n) is 3.86. The second kappa shape index (κ2) is 7.18. The van der Waals surface area contributed by atoms with Crippen LogP contribution in [-0.4, -0.2) is 16.9 Å². The van der Waals surface area contributed by atoms with E-state index in [1.54, 1.807) is 12.1 Å². The van der Waals surface area contributed by atoms with Crippen molar-refractivity contribution in [3.63, 3.8) is 0 Å². The van der Waals surface area contributed by atoms with Crippen molar-refractivity contribution in [2.45, 2.75) is 32.1 Å². The summed E-state index contributed by atoms with van der Waals surface area (Å²) < 4.78 is 12.9.